The van der Waals surface area contributed by atoms with Crippen LogP contribution >= 0.6 is 0 Å². The molecular formula is C16H17FN2O. The molecule has 1 unspecified atom stereocenters. The molecule has 2 aromatic carbocycles. The van der Waals surface area contributed by atoms with Crippen LogP contribution in [0.2, 0.25) is 0 Å². The van der Waals surface area contributed by atoms with E-state index in [1.165, 1.54) is 6.07 Å². The summed E-state index contributed by atoms with van der Waals surface area (Å²) in [4.78, 5) is 0. The number of fused-ring (bicyclic) bond motifs is 1. The molecule has 3 rings (SSSR count). The summed E-state index contributed by atoms with van der Waals surface area (Å²) in [6.45, 7) is 0.814. The molecule has 0 bridgehead atoms. The third-order valence-corrected chi connectivity index (χ3v) is 3.71. The van der Waals surface area contributed by atoms with Crippen molar-refractivity contribution in [2.45, 2.75) is 19.1 Å². The van der Waals surface area contributed by atoms with Gasteiger partial charge in [-0.25, -0.2) is 4.39 Å². The normalized spacial score (nSPS) is 16.9. The first-order valence-electron chi connectivity index (χ1n) is 6.71. The van der Waals surface area contributed by atoms with E-state index in [2.05, 4.69) is 0 Å². The van der Waals surface area contributed by atoms with Gasteiger partial charge in [0.25, 0.3) is 0 Å². The summed E-state index contributed by atoms with van der Waals surface area (Å²) in [5.41, 5.74) is 14.9. The zero-order valence-corrected chi connectivity index (χ0v) is 11.1. The molecule has 4 N–H and O–H groups in total. The molecule has 104 valence electrons. The molecule has 0 spiro atoms. The van der Waals surface area contributed by atoms with E-state index in [1.54, 1.807) is 6.07 Å². The lowest BCUT2D eigenvalue weighted by molar-refractivity contribution is 0.242. The highest BCUT2D eigenvalue weighted by Crippen LogP contribution is 2.41. The Morgan fingerprint density at radius 3 is 2.65 bits per heavy atom. The summed E-state index contributed by atoms with van der Waals surface area (Å²) in [6, 6.07) is 11.1. The van der Waals surface area contributed by atoms with Crippen LogP contribution in [0.4, 0.5) is 4.39 Å². The lowest BCUT2D eigenvalue weighted by Crippen LogP contribution is -2.24. The van der Waals surface area contributed by atoms with Gasteiger partial charge in [-0.05, 0) is 23.3 Å². The molecule has 20 heavy (non-hydrogen) atoms. The van der Waals surface area contributed by atoms with Gasteiger partial charge in [0.2, 0.25) is 0 Å². The predicted octanol–water partition coefficient (Wildman–Crippen LogP) is 2.21. The van der Waals surface area contributed by atoms with Crippen LogP contribution in [0, 0.1) is 5.82 Å². The van der Waals surface area contributed by atoms with Gasteiger partial charge in [0.1, 0.15) is 17.7 Å². The molecule has 0 fully saturated rings. The lowest BCUT2D eigenvalue weighted by Gasteiger charge is -2.13. The summed E-state index contributed by atoms with van der Waals surface area (Å²) in [5.74, 6) is 0.381. The van der Waals surface area contributed by atoms with E-state index in [9.17, 15) is 4.39 Å². The molecule has 0 aliphatic carbocycles. The van der Waals surface area contributed by atoms with Crippen molar-refractivity contribution >= 4 is 0 Å². The highest BCUT2D eigenvalue weighted by Gasteiger charge is 2.28. The van der Waals surface area contributed by atoms with Gasteiger partial charge in [-0.15, -0.1) is 0 Å². The first-order valence-corrected chi connectivity index (χ1v) is 6.71. The number of halogens is 1. The number of rotatable bonds is 3. The number of hydrogen-bond donors (Lipinski definition) is 2. The monoisotopic (exact) mass is 272 g/mol. The summed E-state index contributed by atoms with van der Waals surface area (Å²) in [7, 11) is 0. The average Bonchev–Trinajstić information content (AvgIpc) is 2.93. The lowest BCUT2D eigenvalue weighted by atomic mass is 9.96. The van der Waals surface area contributed by atoms with Crippen molar-refractivity contribution in [3.63, 3.8) is 0 Å². The maximum absolute atomic E-state index is 13.9. The van der Waals surface area contributed by atoms with Crippen LogP contribution in [-0.4, -0.2) is 12.6 Å². The van der Waals surface area contributed by atoms with Gasteiger partial charge in [0.15, 0.2) is 0 Å². The van der Waals surface area contributed by atoms with Crippen LogP contribution in [0.15, 0.2) is 36.4 Å². The van der Waals surface area contributed by atoms with E-state index >= 15 is 0 Å². The maximum Gasteiger partial charge on any atom is 0.133 e. The second-order valence-electron chi connectivity index (χ2n) is 4.94. The number of hydrogen-bond acceptors (Lipinski definition) is 3. The Labute approximate surface area is 117 Å². The highest BCUT2D eigenvalue weighted by atomic mass is 19.1. The molecule has 0 saturated carbocycles. The molecule has 0 amide bonds. The minimum atomic E-state index is -0.232. The molecule has 3 nitrogen and oxygen atoms in total. The van der Waals surface area contributed by atoms with E-state index in [0.717, 1.165) is 16.7 Å². The van der Waals surface area contributed by atoms with E-state index in [1.807, 2.05) is 24.3 Å². The van der Waals surface area contributed by atoms with Gasteiger partial charge in [-0.1, -0.05) is 24.3 Å². The first-order chi connectivity index (χ1) is 9.74. The fourth-order valence-electron chi connectivity index (χ4n) is 2.67. The highest BCUT2D eigenvalue weighted by molar-refractivity contribution is 5.75. The Morgan fingerprint density at radius 2 is 1.90 bits per heavy atom. The second-order valence-corrected chi connectivity index (χ2v) is 4.94. The van der Waals surface area contributed by atoms with Crippen molar-refractivity contribution in [3.05, 3.63) is 53.3 Å². The van der Waals surface area contributed by atoms with Gasteiger partial charge in [-0.3, -0.25) is 0 Å². The quantitative estimate of drug-likeness (QED) is 0.900. The van der Waals surface area contributed by atoms with Crippen molar-refractivity contribution in [2.24, 2.45) is 11.5 Å². The van der Waals surface area contributed by atoms with Crippen LogP contribution in [0.5, 0.6) is 5.75 Å². The molecule has 0 aromatic heterocycles. The summed E-state index contributed by atoms with van der Waals surface area (Å²) >= 11 is 0. The van der Waals surface area contributed by atoms with E-state index in [-0.39, 0.29) is 11.9 Å². The molecule has 1 heterocycles. The molecule has 4 heteroatoms. The average molecular weight is 272 g/mol. The van der Waals surface area contributed by atoms with Gasteiger partial charge in [-0.2, -0.15) is 0 Å². The van der Waals surface area contributed by atoms with Crippen LogP contribution in [0.1, 0.15) is 11.1 Å². The van der Waals surface area contributed by atoms with Crippen molar-refractivity contribution in [3.8, 4) is 16.9 Å². The largest absolute Gasteiger partial charge is 0.488 e. The van der Waals surface area contributed by atoms with Crippen LogP contribution in [0.3, 0.4) is 0 Å². The molecule has 0 saturated heterocycles. The van der Waals surface area contributed by atoms with E-state index in [0.29, 0.717) is 30.8 Å². The number of ether oxygens (including phenoxy) is 1. The van der Waals surface area contributed by atoms with Gasteiger partial charge in [0.05, 0.1) is 0 Å². The Balaban J connectivity index is 2.15. The smallest absolute Gasteiger partial charge is 0.133 e. The standard InChI is InChI=1S/C16H17FN2O/c17-15-6-5-13(12-4-2-1-3-10(12)8-18)16-14(15)7-11(9-19)20-16/h1-6,11H,7-9,18-19H2. The molecule has 2 aromatic rings. The maximum atomic E-state index is 13.9. The Hall–Kier alpha value is -1.91. The van der Waals surface area contributed by atoms with Crippen molar-refractivity contribution < 1.29 is 9.13 Å². The summed E-state index contributed by atoms with van der Waals surface area (Å²) in [5, 5.41) is 0. The second kappa shape index (κ2) is 5.23. The van der Waals surface area contributed by atoms with Gasteiger partial charge in [0, 0.05) is 30.6 Å². The third kappa shape index (κ3) is 2.07. The predicted molar refractivity (Wildman–Crippen MR) is 76.9 cm³/mol. The minimum absolute atomic E-state index is 0.148. The van der Waals surface area contributed by atoms with Crippen LogP contribution < -0.4 is 16.2 Å². The third-order valence-electron chi connectivity index (χ3n) is 3.71. The Bertz CT molecular complexity index is 642. The van der Waals surface area contributed by atoms with Gasteiger partial charge < -0.3 is 16.2 Å². The van der Waals surface area contributed by atoms with Crippen LogP contribution in [0.25, 0.3) is 11.1 Å². The van der Waals surface area contributed by atoms with E-state index < -0.39 is 0 Å². The molecule has 1 aliphatic rings. The zero-order valence-electron chi connectivity index (χ0n) is 11.1. The van der Waals surface area contributed by atoms with Crippen LogP contribution in [-0.2, 0) is 13.0 Å². The SMILES string of the molecule is NCc1ccccc1-c1ccc(F)c2c1OC(CN)C2. The zero-order chi connectivity index (χ0) is 14.1. The number of nitrogens with two attached hydrogens (primary N) is 2. The molecule has 1 atom stereocenters. The Kier molecular flexibility index (Phi) is 3.42. The summed E-state index contributed by atoms with van der Waals surface area (Å²) < 4.78 is 19.7. The number of benzene rings is 2. The summed E-state index contributed by atoms with van der Waals surface area (Å²) in [6.07, 6.45) is 0.377. The van der Waals surface area contributed by atoms with Crippen molar-refractivity contribution in [1.82, 2.24) is 0 Å². The minimum Gasteiger partial charge on any atom is -0.488 e. The fraction of sp³-hybridized carbons (Fsp3) is 0.250. The molecule has 1 aliphatic heterocycles. The van der Waals surface area contributed by atoms with Crippen molar-refractivity contribution in [2.75, 3.05) is 6.54 Å². The molecule has 0 radical (unpaired) electrons. The van der Waals surface area contributed by atoms with Gasteiger partial charge >= 0.3 is 0 Å². The topological polar surface area (TPSA) is 61.3 Å². The first kappa shape index (κ1) is 13.1. The van der Waals surface area contributed by atoms with Crippen molar-refractivity contribution in [1.29, 1.82) is 0 Å². The fourth-order valence-corrected chi connectivity index (χ4v) is 2.67. The van der Waals surface area contributed by atoms with E-state index in [4.69, 9.17) is 16.2 Å². The molecular weight excluding hydrogens is 255 g/mol. The Morgan fingerprint density at radius 1 is 1.10 bits per heavy atom.